The van der Waals surface area contributed by atoms with Crippen molar-refractivity contribution in [1.29, 1.82) is 0 Å². The van der Waals surface area contributed by atoms with Crippen molar-refractivity contribution in [3.05, 3.63) is 11.4 Å². The minimum atomic E-state index is -0.616. The van der Waals surface area contributed by atoms with Crippen LogP contribution in [0.5, 0.6) is 0 Å². The quantitative estimate of drug-likeness (QED) is 0.832. The molecule has 0 amide bonds. The molecule has 0 aromatic carbocycles. The number of hydrogen-bond donors (Lipinski definition) is 1. The number of aromatic nitrogens is 2. The molecule has 6 nitrogen and oxygen atoms in total. The Hall–Kier alpha value is -0.980. The van der Waals surface area contributed by atoms with E-state index in [2.05, 4.69) is 20.1 Å². The van der Waals surface area contributed by atoms with E-state index in [9.17, 15) is 5.11 Å². The van der Waals surface area contributed by atoms with Crippen molar-refractivity contribution in [2.75, 3.05) is 32.7 Å². The lowest BCUT2D eigenvalue weighted by atomic mass is 10.1. The number of hydrogen-bond acceptors (Lipinski definition) is 6. The summed E-state index contributed by atoms with van der Waals surface area (Å²) < 4.78 is 4.70. The first-order valence-electron chi connectivity index (χ1n) is 6.39. The van der Waals surface area contributed by atoms with Gasteiger partial charge in [-0.15, -0.1) is 0 Å². The van der Waals surface area contributed by atoms with Gasteiger partial charge in [0.1, 0.15) is 11.4 Å². The molecule has 0 atom stereocenters. The third-order valence-electron chi connectivity index (χ3n) is 3.20. The van der Waals surface area contributed by atoms with Gasteiger partial charge in [-0.25, -0.2) is 4.63 Å². The average Bonchev–Trinajstić information content (AvgIpc) is 2.65. The highest BCUT2D eigenvalue weighted by atomic mass is 16.6. The van der Waals surface area contributed by atoms with Crippen molar-refractivity contribution < 1.29 is 9.74 Å². The van der Waals surface area contributed by atoms with Crippen LogP contribution in [0.25, 0.3) is 0 Å². The van der Waals surface area contributed by atoms with Gasteiger partial charge in [0.25, 0.3) is 0 Å². The normalized spacial score (nSPS) is 19.3. The molecule has 2 heterocycles. The van der Waals surface area contributed by atoms with Crippen LogP contribution in [0.1, 0.15) is 25.2 Å². The lowest BCUT2D eigenvalue weighted by molar-refractivity contribution is 0.0164. The van der Waals surface area contributed by atoms with E-state index < -0.39 is 5.60 Å². The number of rotatable bonds is 4. The summed E-state index contributed by atoms with van der Waals surface area (Å²) in [4.78, 5) is 4.64. The van der Waals surface area contributed by atoms with Crippen LogP contribution in [0.2, 0.25) is 0 Å². The Balaban J connectivity index is 1.79. The molecule has 0 radical (unpaired) electrons. The van der Waals surface area contributed by atoms with Crippen LogP contribution in [0.3, 0.4) is 0 Å². The van der Waals surface area contributed by atoms with Crippen molar-refractivity contribution in [3.8, 4) is 0 Å². The van der Waals surface area contributed by atoms with Crippen LogP contribution in [-0.2, 0) is 6.54 Å². The second kappa shape index (κ2) is 5.34. The predicted octanol–water partition coefficient (Wildman–Crippen LogP) is 0.267. The summed E-state index contributed by atoms with van der Waals surface area (Å²) in [5.41, 5.74) is 1.18. The Morgan fingerprint density at radius 3 is 2.28 bits per heavy atom. The molecule has 1 fully saturated rings. The molecular weight excluding hydrogens is 232 g/mol. The zero-order valence-electron chi connectivity index (χ0n) is 11.4. The fraction of sp³-hybridized carbons (Fsp3) is 0.833. The van der Waals surface area contributed by atoms with E-state index in [0.29, 0.717) is 0 Å². The lowest BCUT2D eigenvalue weighted by Crippen LogP contribution is -2.50. The molecule has 102 valence electrons. The molecule has 0 bridgehead atoms. The second-order valence-corrected chi connectivity index (χ2v) is 5.66. The monoisotopic (exact) mass is 254 g/mol. The molecule has 1 aliphatic rings. The number of nitrogens with zero attached hydrogens (tertiary/aromatic N) is 4. The highest BCUT2D eigenvalue weighted by Crippen LogP contribution is 2.11. The highest BCUT2D eigenvalue weighted by molar-refractivity contribution is 5.04. The van der Waals surface area contributed by atoms with Gasteiger partial charge in [-0.1, -0.05) is 10.3 Å². The first-order valence-corrected chi connectivity index (χ1v) is 6.39. The molecule has 0 saturated carbocycles. The minimum absolute atomic E-state index is 0.616. The smallest absolute Gasteiger partial charge is 0.122 e. The van der Waals surface area contributed by atoms with Gasteiger partial charge in [-0.05, 0) is 20.8 Å². The highest BCUT2D eigenvalue weighted by Gasteiger charge is 2.23. The third-order valence-corrected chi connectivity index (χ3v) is 3.20. The Kier molecular flexibility index (Phi) is 3.99. The first-order chi connectivity index (χ1) is 8.44. The lowest BCUT2D eigenvalue weighted by Gasteiger charge is -2.36. The van der Waals surface area contributed by atoms with Crippen LogP contribution >= 0.6 is 0 Å². The van der Waals surface area contributed by atoms with Gasteiger partial charge in [0.2, 0.25) is 0 Å². The van der Waals surface area contributed by atoms with Crippen LogP contribution in [0.4, 0.5) is 0 Å². The second-order valence-electron chi connectivity index (χ2n) is 5.66. The molecule has 1 aromatic rings. The SMILES string of the molecule is Cc1nonc1CN1CCN(CC(C)(C)O)CC1. The number of aliphatic hydroxyl groups is 1. The summed E-state index contributed by atoms with van der Waals surface area (Å²) in [6.07, 6.45) is 0. The Labute approximate surface area is 108 Å². The molecule has 18 heavy (non-hydrogen) atoms. The number of β-amino-alcohol motifs (C(OH)–C–C–N with tert-alkyl or cyclic N) is 1. The Bertz CT molecular complexity index is 378. The molecule has 0 aliphatic carbocycles. The van der Waals surface area contributed by atoms with Crippen LogP contribution in [0, 0.1) is 6.92 Å². The third kappa shape index (κ3) is 3.76. The first kappa shape index (κ1) is 13.5. The maximum Gasteiger partial charge on any atom is 0.122 e. The topological polar surface area (TPSA) is 65.6 Å². The maximum absolute atomic E-state index is 9.79. The Morgan fingerprint density at radius 2 is 1.78 bits per heavy atom. The van der Waals surface area contributed by atoms with Gasteiger partial charge in [0, 0.05) is 39.3 Å². The molecule has 1 saturated heterocycles. The van der Waals surface area contributed by atoms with Gasteiger partial charge in [-0.3, -0.25) is 9.80 Å². The largest absolute Gasteiger partial charge is 0.389 e. The molecule has 2 rings (SSSR count). The average molecular weight is 254 g/mol. The molecule has 0 unspecified atom stereocenters. The summed E-state index contributed by atoms with van der Waals surface area (Å²) in [6.45, 7) is 11.1. The standard InChI is InChI=1S/C12H22N4O2/c1-10-11(14-18-13-10)8-15-4-6-16(7-5-15)9-12(2,3)17/h17H,4-9H2,1-3H3. The maximum atomic E-state index is 9.79. The van der Waals surface area contributed by atoms with E-state index in [4.69, 9.17) is 4.63 Å². The Morgan fingerprint density at radius 1 is 1.17 bits per heavy atom. The van der Waals surface area contributed by atoms with Crippen molar-refractivity contribution >= 4 is 0 Å². The summed E-state index contributed by atoms with van der Waals surface area (Å²) >= 11 is 0. The molecule has 6 heteroatoms. The van der Waals surface area contributed by atoms with Gasteiger partial charge < -0.3 is 5.11 Å². The van der Waals surface area contributed by atoms with Crippen molar-refractivity contribution in [3.63, 3.8) is 0 Å². The van der Waals surface area contributed by atoms with Crippen molar-refractivity contribution in [2.24, 2.45) is 0 Å². The van der Waals surface area contributed by atoms with E-state index in [1.54, 1.807) is 0 Å². The van der Waals surface area contributed by atoms with Crippen LogP contribution in [0.15, 0.2) is 4.63 Å². The molecule has 0 spiro atoms. The van der Waals surface area contributed by atoms with Gasteiger partial charge in [0.15, 0.2) is 0 Å². The van der Waals surface area contributed by atoms with Gasteiger partial charge >= 0.3 is 0 Å². The van der Waals surface area contributed by atoms with Crippen LogP contribution < -0.4 is 0 Å². The number of piperazine rings is 1. The van der Waals surface area contributed by atoms with Crippen molar-refractivity contribution in [1.82, 2.24) is 20.1 Å². The van der Waals surface area contributed by atoms with Crippen LogP contribution in [-0.4, -0.2) is 63.5 Å². The van der Waals surface area contributed by atoms with E-state index in [-0.39, 0.29) is 0 Å². The van der Waals surface area contributed by atoms with Gasteiger partial charge in [-0.2, -0.15) is 0 Å². The minimum Gasteiger partial charge on any atom is -0.389 e. The summed E-state index contributed by atoms with van der Waals surface area (Å²) in [5.74, 6) is 0. The molecule has 1 N–H and O–H groups in total. The zero-order valence-corrected chi connectivity index (χ0v) is 11.4. The van der Waals surface area contributed by atoms with Crippen molar-refractivity contribution in [2.45, 2.75) is 32.9 Å². The molecule has 1 aliphatic heterocycles. The summed E-state index contributed by atoms with van der Waals surface area (Å²) in [5, 5.41) is 17.5. The summed E-state index contributed by atoms with van der Waals surface area (Å²) in [6, 6.07) is 0. The van der Waals surface area contributed by atoms with E-state index in [1.807, 2.05) is 20.8 Å². The number of aryl methyl sites for hydroxylation is 1. The summed E-state index contributed by atoms with van der Waals surface area (Å²) in [7, 11) is 0. The van der Waals surface area contributed by atoms with E-state index in [1.165, 1.54) is 0 Å². The fourth-order valence-electron chi connectivity index (χ4n) is 2.26. The fourth-order valence-corrected chi connectivity index (χ4v) is 2.26. The molecule has 1 aromatic heterocycles. The zero-order chi connectivity index (χ0) is 13.2. The van der Waals surface area contributed by atoms with E-state index in [0.717, 1.165) is 50.7 Å². The predicted molar refractivity (Wildman–Crippen MR) is 67.0 cm³/mol. The van der Waals surface area contributed by atoms with E-state index >= 15 is 0 Å². The van der Waals surface area contributed by atoms with Gasteiger partial charge in [0.05, 0.1) is 5.60 Å². The molecular formula is C12H22N4O2.